The molecule has 104 valence electrons. The summed E-state index contributed by atoms with van der Waals surface area (Å²) in [5.74, 6) is -0.301. The first-order valence-electron chi connectivity index (χ1n) is 6.43. The van der Waals surface area contributed by atoms with Gasteiger partial charge in [-0.2, -0.15) is 17.0 Å². The third kappa shape index (κ3) is 2.04. The third-order valence-corrected chi connectivity index (χ3v) is 5.88. The highest BCUT2D eigenvalue weighted by atomic mass is 32.2. The molecular formula is C11H21N3O3S. The average Bonchev–Trinajstić information content (AvgIpc) is 2.82. The molecule has 0 unspecified atom stereocenters. The van der Waals surface area contributed by atoms with Gasteiger partial charge in [0.05, 0.1) is 12.0 Å². The van der Waals surface area contributed by atoms with Crippen molar-refractivity contribution in [2.45, 2.75) is 38.8 Å². The van der Waals surface area contributed by atoms with Crippen LogP contribution in [0.15, 0.2) is 0 Å². The van der Waals surface area contributed by atoms with Crippen LogP contribution in [0.2, 0.25) is 0 Å². The summed E-state index contributed by atoms with van der Waals surface area (Å²) in [6.45, 7) is 4.75. The predicted molar refractivity (Wildman–Crippen MR) is 68.0 cm³/mol. The van der Waals surface area contributed by atoms with Crippen LogP contribution >= 0.6 is 0 Å². The highest BCUT2D eigenvalue weighted by molar-refractivity contribution is 7.86. The van der Waals surface area contributed by atoms with E-state index in [1.165, 1.54) is 8.61 Å². The normalized spacial score (nSPS) is 32.9. The summed E-state index contributed by atoms with van der Waals surface area (Å²) in [5.41, 5.74) is 0. The van der Waals surface area contributed by atoms with Crippen LogP contribution in [-0.4, -0.2) is 55.2 Å². The highest BCUT2D eigenvalue weighted by Gasteiger charge is 2.51. The smallest absolute Gasteiger partial charge is 0.282 e. The molecule has 2 aliphatic rings. The van der Waals surface area contributed by atoms with Gasteiger partial charge < -0.3 is 5.32 Å². The fourth-order valence-electron chi connectivity index (χ4n) is 2.89. The summed E-state index contributed by atoms with van der Waals surface area (Å²) in [6.07, 6.45) is 1.49. The van der Waals surface area contributed by atoms with E-state index < -0.39 is 10.2 Å². The fraction of sp³-hybridized carbons (Fsp3) is 0.909. The Kier molecular flexibility index (Phi) is 3.66. The SMILES string of the molecule is CCCN(C)S(=O)(=O)N1CC[C@@H]2NC(=O)[C@@H](C)[C@H]21. The van der Waals surface area contributed by atoms with Gasteiger partial charge in [0.1, 0.15) is 0 Å². The maximum absolute atomic E-state index is 12.4. The van der Waals surface area contributed by atoms with Crippen LogP contribution in [0.25, 0.3) is 0 Å². The van der Waals surface area contributed by atoms with Crippen molar-refractivity contribution in [1.29, 1.82) is 0 Å². The van der Waals surface area contributed by atoms with Gasteiger partial charge >= 0.3 is 0 Å². The van der Waals surface area contributed by atoms with Crippen molar-refractivity contribution in [3.8, 4) is 0 Å². The molecule has 0 spiro atoms. The van der Waals surface area contributed by atoms with E-state index in [0.29, 0.717) is 19.5 Å². The Labute approximate surface area is 109 Å². The van der Waals surface area contributed by atoms with E-state index in [0.717, 1.165) is 6.42 Å². The van der Waals surface area contributed by atoms with Gasteiger partial charge in [0.2, 0.25) is 5.91 Å². The molecule has 0 saturated carbocycles. The highest BCUT2D eigenvalue weighted by Crippen LogP contribution is 2.32. The van der Waals surface area contributed by atoms with E-state index in [9.17, 15) is 13.2 Å². The van der Waals surface area contributed by atoms with E-state index in [-0.39, 0.29) is 23.9 Å². The maximum atomic E-state index is 12.4. The molecule has 2 aliphatic heterocycles. The molecule has 6 nitrogen and oxygen atoms in total. The lowest BCUT2D eigenvalue weighted by molar-refractivity contribution is -0.122. The predicted octanol–water partition coefficient (Wildman–Crippen LogP) is -0.218. The zero-order valence-corrected chi connectivity index (χ0v) is 11.9. The molecule has 0 bridgehead atoms. The number of amides is 1. The zero-order valence-electron chi connectivity index (χ0n) is 11.1. The summed E-state index contributed by atoms with van der Waals surface area (Å²) in [5, 5.41) is 2.88. The molecule has 2 saturated heterocycles. The van der Waals surface area contributed by atoms with Crippen molar-refractivity contribution < 1.29 is 13.2 Å². The number of fused-ring (bicyclic) bond motifs is 1. The summed E-state index contributed by atoms with van der Waals surface area (Å²) in [4.78, 5) is 11.6. The van der Waals surface area contributed by atoms with Gasteiger partial charge in [-0.25, -0.2) is 0 Å². The third-order valence-electron chi connectivity index (χ3n) is 3.89. The second kappa shape index (κ2) is 4.79. The molecular weight excluding hydrogens is 254 g/mol. The van der Waals surface area contributed by atoms with E-state index in [2.05, 4.69) is 5.32 Å². The Morgan fingerprint density at radius 1 is 1.50 bits per heavy atom. The molecule has 0 aromatic heterocycles. The Morgan fingerprint density at radius 2 is 2.17 bits per heavy atom. The number of rotatable bonds is 4. The van der Waals surface area contributed by atoms with Gasteiger partial charge in [0.15, 0.2) is 0 Å². The van der Waals surface area contributed by atoms with Crippen LogP contribution in [0.4, 0.5) is 0 Å². The number of nitrogens with zero attached hydrogens (tertiary/aromatic N) is 2. The van der Waals surface area contributed by atoms with Crippen molar-refractivity contribution in [2.24, 2.45) is 5.92 Å². The van der Waals surface area contributed by atoms with E-state index in [4.69, 9.17) is 0 Å². The number of nitrogens with one attached hydrogen (secondary N) is 1. The first-order chi connectivity index (χ1) is 8.39. The van der Waals surface area contributed by atoms with Gasteiger partial charge in [0.25, 0.3) is 10.2 Å². The number of hydrogen-bond acceptors (Lipinski definition) is 3. The summed E-state index contributed by atoms with van der Waals surface area (Å²) in [6, 6.07) is -0.237. The number of carbonyl (C=O) groups excluding carboxylic acids is 1. The monoisotopic (exact) mass is 275 g/mol. The summed E-state index contributed by atoms with van der Waals surface area (Å²) >= 11 is 0. The lowest BCUT2D eigenvalue weighted by atomic mass is 10.0. The van der Waals surface area contributed by atoms with Gasteiger partial charge in [-0.05, 0) is 12.8 Å². The van der Waals surface area contributed by atoms with Crippen molar-refractivity contribution in [3.63, 3.8) is 0 Å². The second-order valence-corrected chi connectivity index (χ2v) is 7.11. The van der Waals surface area contributed by atoms with Gasteiger partial charge in [-0.1, -0.05) is 13.8 Å². The quantitative estimate of drug-likeness (QED) is 0.771. The Balaban J connectivity index is 2.22. The summed E-state index contributed by atoms with van der Waals surface area (Å²) < 4.78 is 27.7. The topological polar surface area (TPSA) is 69.7 Å². The van der Waals surface area contributed by atoms with Crippen LogP contribution < -0.4 is 5.32 Å². The number of carbonyl (C=O) groups is 1. The molecule has 7 heteroatoms. The molecule has 1 N–H and O–H groups in total. The molecule has 18 heavy (non-hydrogen) atoms. The average molecular weight is 275 g/mol. The molecule has 0 radical (unpaired) electrons. The second-order valence-electron chi connectivity index (χ2n) is 5.12. The van der Waals surface area contributed by atoms with Crippen LogP contribution in [0.5, 0.6) is 0 Å². The molecule has 0 aromatic rings. The minimum Gasteiger partial charge on any atom is -0.351 e. The van der Waals surface area contributed by atoms with Crippen LogP contribution in [0.3, 0.4) is 0 Å². The fourth-order valence-corrected chi connectivity index (χ4v) is 4.63. The van der Waals surface area contributed by atoms with Gasteiger partial charge in [-0.15, -0.1) is 0 Å². The molecule has 2 fully saturated rings. The lowest BCUT2D eigenvalue weighted by Gasteiger charge is -2.29. The van der Waals surface area contributed by atoms with Crippen LogP contribution in [-0.2, 0) is 15.0 Å². The van der Waals surface area contributed by atoms with Crippen molar-refractivity contribution in [1.82, 2.24) is 13.9 Å². The molecule has 2 heterocycles. The molecule has 0 aliphatic carbocycles. The lowest BCUT2D eigenvalue weighted by Crippen LogP contribution is -2.47. The van der Waals surface area contributed by atoms with Crippen molar-refractivity contribution >= 4 is 16.1 Å². The van der Waals surface area contributed by atoms with Crippen LogP contribution in [0, 0.1) is 5.92 Å². The molecule has 1 amide bonds. The van der Waals surface area contributed by atoms with Gasteiger partial charge in [-0.3, -0.25) is 4.79 Å². The van der Waals surface area contributed by atoms with Gasteiger partial charge in [0, 0.05) is 26.2 Å². The number of hydrogen-bond donors (Lipinski definition) is 1. The standard InChI is InChI=1S/C11H21N3O3S/c1-4-6-13(3)18(16,17)14-7-5-9-10(14)8(2)11(15)12-9/h8-10H,4-7H2,1-3H3,(H,12,15)/t8-,9-,10+/m0/s1. The molecule has 2 rings (SSSR count). The zero-order chi connectivity index (χ0) is 13.5. The van der Waals surface area contributed by atoms with E-state index in [1.54, 1.807) is 14.0 Å². The minimum absolute atomic E-state index is 0.0164. The molecule has 3 atom stereocenters. The van der Waals surface area contributed by atoms with Crippen molar-refractivity contribution in [3.05, 3.63) is 0 Å². The first kappa shape index (κ1) is 13.8. The van der Waals surface area contributed by atoms with Crippen LogP contribution in [0.1, 0.15) is 26.7 Å². The summed E-state index contributed by atoms with van der Waals surface area (Å²) in [7, 11) is -1.84. The molecule has 0 aromatic carbocycles. The largest absolute Gasteiger partial charge is 0.351 e. The maximum Gasteiger partial charge on any atom is 0.282 e. The first-order valence-corrected chi connectivity index (χ1v) is 7.82. The van der Waals surface area contributed by atoms with E-state index in [1.807, 2.05) is 6.92 Å². The minimum atomic E-state index is -3.44. The van der Waals surface area contributed by atoms with E-state index >= 15 is 0 Å². The Morgan fingerprint density at radius 3 is 2.78 bits per heavy atom. The Bertz CT molecular complexity index is 437. The van der Waals surface area contributed by atoms with Crippen molar-refractivity contribution in [2.75, 3.05) is 20.1 Å². The Hall–Kier alpha value is -0.660.